The third kappa shape index (κ3) is 1.81. The van der Waals surface area contributed by atoms with Gasteiger partial charge < -0.3 is 15.4 Å². The molecule has 3 N–H and O–H groups in total. The van der Waals surface area contributed by atoms with Crippen LogP contribution in [0.15, 0.2) is 36.4 Å². The molecule has 0 saturated heterocycles. The van der Waals surface area contributed by atoms with Crippen LogP contribution in [-0.2, 0) is 7.05 Å². The van der Waals surface area contributed by atoms with Crippen LogP contribution in [-0.4, -0.2) is 14.7 Å². The number of phenols is 1. The molecule has 3 aromatic rings. The largest absolute Gasteiger partial charge is 0.505 e. The SMILES string of the molecule is Cn1c(-c2cccc(N)c2O)nc2cc(Cl)ccc21. The topological polar surface area (TPSA) is 64.1 Å². The van der Waals surface area contributed by atoms with Crippen LogP contribution in [0.3, 0.4) is 0 Å². The third-order valence-electron chi connectivity index (χ3n) is 3.15. The quantitative estimate of drug-likeness (QED) is 0.529. The lowest BCUT2D eigenvalue weighted by Crippen LogP contribution is -1.94. The first-order valence-corrected chi connectivity index (χ1v) is 6.15. The van der Waals surface area contributed by atoms with Gasteiger partial charge in [-0.3, -0.25) is 0 Å². The van der Waals surface area contributed by atoms with Crippen molar-refractivity contribution >= 4 is 28.3 Å². The van der Waals surface area contributed by atoms with E-state index in [0.717, 1.165) is 11.0 Å². The standard InChI is InChI=1S/C14H12ClN3O/c1-18-12-6-5-8(15)7-11(12)17-14(18)9-3-2-4-10(16)13(9)19/h2-7,19H,16H2,1H3. The van der Waals surface area contributed by atoms with Crippen molar-refractivity contribution in [2.24, 2.45) is 7.05 Å². The maximum atomic E-state index is 10.1. The fourth-order valence-electron chi connectivity index (χ4n) is 2.16. The molecule has 5 heteroatoms. The van der Waals surface area contributed by atoms with Gasteiger partial charge in [0.25, 0.3) is 0 Å². The number of nitrogens with zero attached hydrogens (tertiary/aromatic N) is 2. The molecule has 0 bridgehead atoms. The molecule has 0 unspecified atom stereocenters. The van der Waals surface area contributed by atoms with E-state index >= 15 is 0 Å². The third-order valence-corrected chi connectivity index (χ3v) is 3.39. The molecule has 0 atom stereocenters. The first kappa shape index (κ1) is 11.9. The highest BCUT2D eigenvalue weighted by Crippen LogP contribution is 2.34. The average Bonchev–Trinajstić information content (AvgIpc) is 2.69. The van der Waals surface area contributed by atoms with Gasteiger partial charge in [-0.25, -0.2) is 4.98 Å². The Hall–Kier alpha value is -2.20. The summed E-state index contributed by atoms with van der Waals surface area (Å²) < 4.78 is 1.90. The molecule has 19 heavy (non-hydrogen) atoms. The molecule has 0 fully saturated rings. The Morgan fingerprint density at radius 3 is 2.84 bits per heavy atom. The predicted molar refractivity (Wildman–Crippen MR) is 77.2 cm³/mol. The molecule has 2 aromatic carbocycles. The van der Waals surface area contributed by atoms with Crippen molar-refractivity contribution in [2.75, 3.05) is 5.73 Å². The molecule has 3 rings (SSSR count). The van der Waals surface area contributed by atoms with E-state index in [4.69, 9.17) is 17.3 Å². The first-order valence-electron chi connectivity index (χ1n) is 5.77. The normalized spacial score (nSPS) is 11.1. The zero-order valence-corrected chi connectivity index (χ0v) is 11.0. The molecule has 4 nitrogen and oxygen atoms in total. The van der Waals surface area contributed by atoms with Crippen molar-refractivity contribution in [3.05, 3.63) is 41.4 Å². The average molecular weight is 274 g/mol. The molecule has 0 aliphatic carbocycles. The lowest BCUT2D eigenvalue weighted by atomic mass is 10.1. The summed E-state index contributed by atoms with van der Waals surface area (Å²) in [6.07, 6.45) is 0. The van der Waals surface area contributed by atoms with Crippen molar-refractivity contribution in [2.45, 2.75) is 0 Å². The number of para-hydroxylation sites is 1. The molecular formula is C14H12ClN3O. The number of aromatic nitrogens is 2. The molecule has 0 aliphatic rings. The first-order chi connectivity index (χ1) is 9.08. The van der Waals surface area contributed by atoms with E-state index < -0.39 is 0 Å². The monoisotopic (exact) mass is 273 g/mol. The summed E-state index contributed by atoms with van der Waals surface area (Å²) in [7, 11) is 1.89. The lowest BCUT2D eigenvalue weighted by molar-refractivity contribution is 0.479. The summed E-state index contributed by atoms with van der Waals surface area (Å²) in [4.78, 5) is 4.51. The van der Waals surface area contributed by atoms with Gasteiger partial charge in [0.15, 0.2) is 0 Å². The van der Waals surface area contributed by atoms with Gasteiger partial charge in [-0.15, -0.1) is 0 Å². The van der Waals surface area contributed by atoms with Gasteiger partial charge in [-0.2, -0.15) is 0 Å². The van der Waals surface area contributed by atoms with Crippen molar-refractivity contribution in [3.63, 3.8) is 0 Å². The summed E-state index contributed by atoms with van der Waals surface area (Å²) in [5.74, 6) is 0.703. The van der Waals surface area contributed by atoms with Gasteiger partial charge in [0.1, 0.15) is 11.6 Å². The molecule has 0 saturated carbocycles. The van der Waals surface area contributed by atoms with Gasteiger partial charge in [0.2, 0.25) is 0 Å². The minimum atomic E-state index is 0.0482. The fourth-order valence-corrected chi connectivity index (χ4v) is 2.32. The van der Waals surface area contributed by atoms with E-state index in [-0.39, 0.29) is 5.75 Å². The number of imidazole rings is 1. The van der Waals surface area contributed by atoms with Crippen molar-refractivity contribution < 1.29 is 5.11 Å². The van der Waals surface area contributed by atoms with Crippen LogP contribution in [0.5, 0.6) is 5.75 Å². The number of fused-ring (bicyclic) bond motifs is 1. The van der Waals surface area contributed by atoms with Gasteiger partial charge in [0.05, 0.1) is 22.3 Å². The number of aromatic hydroxyl groups is 1. The van der Waals surface area contributed by atoms with E-state index in [1.807, 2.05) is 23.7 Å². The zero-order valence-electron chi connectivity index (χ0n) is 10.3. The Bertz CT molecular complexity index is 780. The van der Waals surface area contributed by atoms with Crippen molar-refractivity contribution in [1.82, 2.24) is 9.55 Å². The molecule has 1 aromatic heterocycles. The van der Waals surface area contributed by atoms with Crippen LogP contribution in [0.2, 0.25) is 5.02 Å². The number of hydrogen-bond acceptors (Lipinski definition) is 3. The number of rotatable bonds is 1. The Balaban J connectivity index is 2.31. The zero-order chi connectivity index (χ0) is 13.6. The number of nitrogens with two attached hydrogens (primary N) is 1. The van der Waals surface area contributed by atoms with E-state index in [2.05, 4.69) is 4.98 Å². The molecule has 0 amide bonds. The van der Waals surface area contributed by atoms with Crippen LogP contribution in [0.1, 0.15) is 0 Å². The Morgan fingerprint density at radius 2 is 2.05 bits per heavy atom. The van der Waals surface area contributed by atoms with Crippen LogP contribution in [0.4, 0.5) is 5.69 Å². The van der Waals surface area contributed by atoms with Gasteiger partial charge in [0, 0.05) is 12.1 Å². The minimum Gasteiger partial charge on any atom is -0.505 e. The highest BCUT2D eigenvalue weighted by atomic mass is 35.5. The lowest BCUT2D eigenvalue weighted by Gasteiger charge is -2.06. The summed E-state index contributed by atoms with van der Waals surface area (Å²) in [5, 5.41) is 10.7. The van der Waals surface area contributed by atoms with Gasteiger partial charge in [-0.1, -0.05) is 17.7 Å². The van der Waals surface area contributed by atoms with Crippen molar-refractivity contribution in [1.29, 1.82) is 0 Å². The Labute approximate surface area is 115 Å². The fraction of sp³-hybridized carbons (Fsp3) is 0.0714. The van der Waals surface area contributed by atoms with Gasteiger partial charge >= 0.3 is 0 Å². The summed E-state index contributed by atoms with van der Waals surface area (Å²) >= 11 is 5.96. The van der Waals surface area contributed by atoms with Crippen LogP contribution >= 0.6 is 11.6 Å². The number of anilines is 1. The molecule has 1 heterocycles. The summed E-state index contributed by atoms with van der Waals surface area (Å²) in [6.45, 7) is 0. The summed E-state index contributed by atoms with van der Waals surface area (Å²) in [5.41, 5.74) is 8.39. The maximum Gasteiger partial charge on any atom is 0.149 e. The minimum absolute atomic E-state index is 0.0482. The van der Waals surface area contributed by atoms with E-state index in [1.54, 1.807) is 24.3 Å². The Morgan fingerprint density at radius 1 is 1.26 bits per heavy atom. The smallest absolute Gasteiger partial charge is 0.149 e. The number of nitrogen functional groups attached to an aromatic ring is 1. The van der Waals surface area contributed by atoms with E-state index in [1.165, 1.54) is 0 Å². The predicted octanol–water partition coefficient (Wildman–Crippen LogP) is 3.18. The van der Waals surface area contributed by atoms with Gasteiger partial charge in [-0.05, 0) is 30.3 Å². The van der Waals surface area contributed by atoms with E-state index in [9.17, 15) is 5.11 Å². The number of halogens is 1. The number of aryl methyl sites for hydroxylation is 1. The second-order valence-electron chi connectivity index (χ2n) is 4.37. The van der Waals surface area contributed by atoms with E-state index in [0.29, 0.717) is 22.1 Å². The van der Waals surface area contributed by atoms with Crippen LogP contribution in [0, 0.1) is 0 Å². The number of benzene rings is 2. The Kier molecular flexibility index (Phi) is 2.61. The number of phenolic OH excluding ortho intramolecular Hbond substituents is 1. The molecule has 0 aliphatic heterocycles. The highest BCUT2D eigenvalue weighted by Gasteiger charge is 2.14. The second-order valence-corrected chi connectivity index (χ2v) is 4.81. The summed E-state index contributed by atoms with van der Waals surface area (Å²) in [6, 6.07) is 10.7. The molecular weight excluding hydrogens is 262 g/mol. The molecule has 0 spiro atoms. The van der Waals surface area contributed by atoms with Crippen LogP contribution in [0.25, 0.3) is 22.4 Å². The second kappa shape index (κ2) is 4.17. The molecule has 0 radical (unpaired) electrons. The number of hydrogen-bond donors (Lipinski definition) is 2. The molecule has 96 valence electrons. The highest BCUT2D eigenvalue weighted by molar-refractivity contribution is 6.31. The van der Waals surface area contributed by atoms with Crippen molar-refractivity contribution in [3.8, 4) is 17.1 Å². The maximum absolute atomic E-state index is 10.1. The van der Waals surface area contributed by atoms with Crippen LogP contribution < -0.4 is 5.73 Å².